The molecule has 0 saturated heterocycles. The normalized spacial score (nSPS) is 25.1. The van der Waals surface area contributed by atoms with Gasteiger partial charge in [-0.3, -0.25) is 0 Å². The van der Waals surface area contributed by atoms with Crippen molar-refractivity contribution in [2.45, 2.75) is 26.4 Å². The third-order valence-corrected chi connectivity index (χ3v) is 3.32. The van der Waals surface area contributed by atoms with Gasteiger partial charge in [0.25, 0.3) is 0 Å². The van der Waals surface area contributed by atoms with Crippen molar-refractivity contribution in [1.82, 2.24) is 0 Å². The molecule has 2 nitrogen and oxygen atoms in total. The van der Waals surface area contributed by atoms with Gasteiger partial charge in [-0.05, 0) is 49.1 Å². The van der Waals surface area contributed by atoms with Gasteiger partial charge in [-0.25, -0.2) is 0 Å². The molecule has 0 heterocycles. The van der Waals surface area contributed by atoms with Gasteiger partial charge in [-0.1, -0.05) is 12.1 Å². The molecular weight excluding hydrogens is 174 g/mol. The van der Waals surface area contributed by atoms with Crippen molar-refractivity contribution >= 4 is 0 Å². The summed E-state index contributed by atoms with van der Waals surface area (Å²) in [6.45, 7) is 4.72. The fourth-order valence-corrected chi connectivity index (χ4v) is 2.40. The Morgan fingerprint density at radius 1 is 1.36 bits per heavy atom. The van der Waals surface area contributed by atoms with Crippen LogP contribution in [0.15, 0.2) is 12.1 Å². The highest BCUT2D eigenvalue weighted by molar-refractivity contribution is 5.45. The van der Waals surface area contributed by atoms with Gasteiger partial charge in [0.1, 0.15) is 0 Å². The average Bonchev–Trinajstić information content (AvgIpc) is 2.51. The van der Waals surface area contributed by atoms with Gasteiger partial charge in [0.05, 0.1) is 6.10 Å². The van der Waals surface area contributed by atoms with E-state index in [4.69, 9.17) is 5.73 Å². The zero-order valence-corrected chi connectivity index (χ0v) is 8.75. The lowest BCUT2D eigenvalue weighted by atomic mass is 9.99. The van der Waals surface area contributed by atoms with Gasteiger partial charge in [0.2, 0.25) is 0 Å². The van der Waals surface area contributed by atoms with E-state index in [1.165, 1.54) is 16.7 Å². The fraction of sp³-hybridized carbons (Fsp3) is 0.500. The van der Waals surface area contributed by atoms with Gasteiger partial charge in [-0.15, -0.1) is 0 Å². The average molecular weight is 191 g/mol. The molecule has 2 unspecified atom stereocenters. The zero-order chi connectivity index (χ0) is 10.3. The summed E-state index contributed by atoms with van der Waals surface area (Å²) < 4.78 is 0. The minimum atomic E-state index is -0.352. The minimum Gasteiger partial charge on any atom is -0.388 e. The summed E-state index contributed by atoms with van der Waals surface area (Å²) in [5, 5.41) is 10.1. The third kappa shape index (κ3) is 1.26. The van der Waals surface area contributed by atoms with Crippen LogP contribution in [0.1, 0.15) is 28.4 Å². The standard InChI is InChI=1S/C12H17NO/c1-7-3-4-8(2)11-10(7)5-9(6-13)12(11)14/h3-4,9,12,14H,5-6,13H2,1-2H3. The molecule has 2 rings (SSSR count). The Labute approximate surface area is 84.7 Å². The summed E-state index contributed by atoms with van der Waals surface area (Å²) in [4.78, 5) is 0. The molecule has 1 aliphatic carbocycles. The summed E-state index contributed by atoms with van der Waals surface area (Å²) in [7, 11) is 0. The Hall–Kier alpha value is -0.860. The van der Waals surface area contributed by atoms with E-state index in [9.17, 15) is 5.11 Å². The fourth-order valence-electron chi connectivity index (χ4n) is 2.40. The highest BCUT2D eigenvalue weighted by Gasteiger charge is 2.31. The van der Waals surface area contributed by atoms with Crippen LogP contribution in [0.2, 0.25) is 0 Å². The topological polar surface area (TPSA) is 46.2 Å². The summed E-state index contributed by atoms with van der Waals surface area (Å²) >= 11 is 0. The molecule has 14 heavy (non-hydrogen) atoms. The molecule has 1 aromatic carbocycles. The maximum atomic E-state index is 10.1. The zero-order valence-electron chi connectivity index (χ0n) is 8.75. The minimum absolute atomic E-state index is 0.213. The highest BCUT2D eigenvalue weighted by atomic mass is 16.3. The summed E-state index contributed by atoms with van der Waals surface area (Å²) in [6.07, 6.45) is 0.579. The van der Waals surface area contributed by atoms with Crippen molar-refractivity contribution in [2.24, 2.45) is 11.7 Å². The van der Waals surface area contributed by atoms with Crippen LogP contribution in [-0.2, 0) is 6.42 Å². The Bertz CT molecular complexity index is 360. The number of rotatable bonds is 1. The van der Waals surface area contributed by atoms with Crippen molar-refractivity contribution in [1.29, 1.82) is 0 Å². The van der Waals surface area contributed by atoms with Crippen LogP contribution in [0.5, 0.6) is 0 Å². The quantitative estimate of drug-likeness (QED) is 0.706. The molecule has 0 bridgehead atoms. The number of hydrogen-bond donors (Lipinski definition) is 2. The lowest BCUT2D eigenvalue weighted by molar-refractivity contribution is 0.127. The third-order valence-electron chi connectivity index (χ3n) is 3.32. The highest BCUT2D eigenvalue weighted by Crippen LogP contribution is 2.38. The molecule has 1 aromatic rings. The Kier molecular flexibility index (Phi) is 2.33. The van der Waals surface area contributed by atoms with Gasteiger partial charge in [-0.2, -0.15) is 0 Å². The first kappa shape index (κ1) is 9.69. The summed E-state index contributed by atoms with van der Waals surface area (Å²) in [5.74, 6) is 0.213. The second-order valence-electron chi connectivity index (χ2n) is 4.24. The number of fused-ring (bicyclic) bond motifs is 1. The van der Waals surface area contributed by atoms with E-state index < -0.39 is 0 Å². The van der Waals surface area contributed by atoms with Crippen LogP contribution in [0.4, 0.5) is 0 Å². The lowest BCUT2D eigenvalue weighted by Gasteiger charge is -2.13. The number of aliphatic hydroxyl groups excluding tert-OH is 1. The summed E-state index contributed by atoms with van der Waals surface area (Å²) in [5.41, 5.74) is 10.5. The number of hydrogen-bond acceptors (Lipinski definition) is 2. The maximum absolute atomic E-state index is 10.1. The van der Waals surface area contributed by atoms with Gasteiger partial charge in [0.15, 0.2) is 0 Å². The predicted octanol–water partition coefficient (Wildman–Crippen LogP) is 1.47. The smallest absolute Gasteiger partial charge is 0.0838 e. The predicted molar refractivity (Wildman–Crippen MR) is 57.1 cm³/mol. The number of aryl methyl sites for hydroxylation is 2. The van der Waals surface area contributed by atoms with Crippen LogP contribution in [0, 0.1) is 19.8 Å². The molecule has 2 heteroatoms. The molecular formula is C12H17NO. The first-order valence-corrected chi connectivity index (χ1v) is 5.12. The van der Waals surface area contributed by atoms with E-state index >= 15 is 0 Å². The number of nitrogens with two attached hydrogens (primary N) is 1. The van der Waals surface area contributed by atoms with Crippen molar-refractivity contribution in [2.75, 3.05) is 6.54 Å². The van der Waals surface area contributed by atoms with Crippen LogP contribution in [0.25, 0.3) is 0 Å². The molecule has 0 spiro atoms. The van der Waals surface area contributed by atoms with Gasteiger partial charge < -0.3 is 10.8 Å². The monoisotopic (exact) mass is 191 g/mol. The van der Waals surface area contributed by atoms with Gasteiger partial charge in [0, 0.05) is 5.92 Å². The van der Waals surface area contributed by atoms with Crippen LogP contribution < -0.4 is 5.73 Å². The Morgan fingerprint density at radius 2 is 2.00 bits per heavy atom. The largest absolute Gasteiger partial charge is 0.388 e. The molecule has 0 aliphatic heterocycles. The Morgan fingerprint density at radius 3 is 2.57 bits per heavy atom. The van der Waals surface area contributed by atoms with Crippen LogP contribution >= 0.6 is 0 Å². The molecule has 0 radical (unpaired) electrons. The summed E-state index contributed by atoms with van der Waals surface area (Å²) in [6, 6.07) is 4.20. The van der Waals surface area contributed by atoms with E-state index in [1.54, 1.807) is 0 Å². The van der Waals surface area contributed by atoms with E-state index in [0.29, 0.717) is 6.54 Å². The first-order chi connectivity index (χ1) is 6.65. The molecule has 3 N–H and O–H groups in total. The molecule has 76 valence electrons. The van der Waals surface area contributed by atoms with Crippen molar-refractivity contribution in [3.8, 4) is 0 Å². The molecule has 0 saturated carbocycles. The number of aliphatic hydroxyl groups is 1. The first-order valence-electron chi connectivity index (χ1n) is 5.12. The second kappa shape index (κ2) is 3.37. The molecule has 0 aromatic heterocycles. The van der Waals surface area contributed by atoms with E-state index in [1.807, 2.05) is 0 Å². The molecule has 1 aliphatic rings. The van der Waals surface area contributed by atoms with Crippen LogP contribution in [0.3, 0.4) is 0 Å². The molecule has 2 atom stereocenters. The van der Waals surface area contributed by atoms with Crippen LogP contribution in [-0.4, -0.2) is 11.7 Å². The van der Waals surface area contributed by atoms with Crippen molar-refractivity contribution in [3.05, 3.63) is 34.4 Å². The Balaban J connectivity index is 2.52. The SMILES string of the molecule is Cc1ccc(C)c2c1CC(CN)C2O. The lowest BCUT2D eigenvalue weighted by Crippen LogP contribution is -2.18. The van der Waals surface area contributed by atoms with E-state index in [2.05, 4.69) is 26.0 Å². The van der Waals surface area contributed by atoms with Crippen molar-refractivity contribution < 1.29 is 5.11 Å². The van der Waals surface area contributed by atoms with E-state index in [-0.39, 0.29) is 12.0 Å². The number of benzene rings is 1. The second-order valence-corrected chi connectivity index (χ2v) is 4.24. The molecule has 0 fully saturated rings. The van der Waals surface area contributed by atoms with Gasteiger partial charge >= 0.3 is 0 Å². The maximum Gasteiger partial charge on any atom is 0.0838 e. The van der Waals surface area contributed by atoms with E-state index in [0.717, 1.165) is 12.0 Å². The molecule has 0 amide bonds. The van der Waals surface area contributed by atoms with Crippen molar-refractivity contribution in [3.63, 3.8) is 0 Å².